The first kappa shape index (κ1) is 22.8. The van der Waals surface area contributed by atoms with Gasteiger partial charge in [-0.05, 0) is 36.8 Å². The largest absolute Gasteiger partial charge is 0.325 e. The molecule has 31 heavy (non-hydrogen) atoms. The van der Waals surface area contributed by atoms with E-state index in [1.54, 1.807) is 35.9 Å². The minimum atomic E-state index is -0.487. The zero-order chi connectivity index (χ0) is 22.4. The summed E-state index contributed by atoms with van der Waals surface area (Å²) in [4.78, 5) is 24.3. The number of anilines is 2. The molecule has 2 amide bonds. The van der Waals surface area contributed by atoms with Crippen molar-refractivity contribution in [2.24, 2.45) is 7.05 Å². The van der Waals surface area contributed by atoms with Crippen LogP contribution in [0.4, 0.5) is 15.8 Å². The molecule has 0 saturated heterocycles. The molecule has 3 aromatic rings. The normalized spacial score (nSPS) is 10.7. The molecule has 0 saturated carbocycles. The highest BCUT2D eigenvalue weighted by Crippen LogP contribution is 2.21. The first-order valence-corrected chi connectivity index (χ1v) is 10.8. The average Bonchev–Trinajstić information content (AvgIpc) is 3.09. The Kier molecular flexibility index (Phi) is 7.64. The van der Waals surface area contributed by atoms with E-state index < -0.39 is 5.82 Å². The molecule has 0 aliphatic heterocycles. The highest BCUT2D eigenvalue weighted by Gasteiger charge is 2.14. The summed E-state index contributed by atoms with van der Waals surface area (Å²) in [7, 11) is 1.77. The number of hydrogen-bond acceptors (Lipinski definition) is 5. The molecule has 0 spiro atoms. The number of amides is 2. The molecule has 162 valence electrons. The van der Waals surface area contributed by atoms with Gasteiger partial charge in [0.15, 0.2) is 5.16 Å². The molecule has 1 aromatic heterocycles. The number of carbonyl (C=O) groups excluding carboxylic acids is 2. The molecule has 1 heterocycles. The maximum atomic E-state index is 13.6. The maximum Gasteiger partial charge on any atom is 0.234 e. The summed E-state index contributed by atoms with van der Waals surface area (Å²) in [5.41, 5.74) is 1.70. The Balaban J connectivity index is 1.49. The third-order valence-corrected chi connectivity index (χ3v) is 5.86. The predicted octanol–water partition coefficient (Wildman–Crippen LogP) is 4.22. The standard InChI is InChI=1S/C21H21ClFN5O2S/c1-13-7-8-14(11-15(13)22)24-20(30)12-31-21-27-26-18(28(21)2)9-10-19(29)25-17-6-4-3-5-16(17)23/h3-8,11H,9-10,12H2,1-2H3,(H,24,30)(H,25,29). The molecular formula is C21H21ClFN5O2S. The van der Waals surface area contributed by atoms with Crippen molar-refractivity contribution in [1.82, 2.24) is 14.8 Å². The van der Waals surface area contributed by atoms with Crippen LogP contribution in [0.2, 0.25) is 5.02 Å². The van der Waals surface area contributed by atoms with Gasteiger partial charge in [0.1, 0.15) is 11.6 Å². The van der Waals surface area contributed by atoms with Gasteiger partial charge in [0.05, 0.1) is 11.4 Å². The Morgan fingerprint density at radius 2 is 1.90 bits per heavy atom. The van der Waals surface area contributed by atoms with Crippen LogP contribution in [0.15, 0.2) is 47.6 Å². The lowest BCUT2D eigenvalue weighted by Crippen LogP contribution is -2.15. The van der Waals surface area contributed by atoms with Gasteiger partial charge in [0.2, 0.25) is 11.8 Å². The molecule has 0 aliphatic rings. The highest BCUT2D eigenvalue weighted by molar-refractivity contribution is 7.99. The highest BCUT2D eigenvalue weighted by atomic mass is 35.5. The molecule has 0 bridgehead atoms. The minimum absolute atomic E-state index is 0.125. The van der Waals surface area contributed by atoms with Crippen LogP contribution in [0.3, 0.4) is 0 Å². The Morgan fingerprint density at radius 3 is 2.65 bits per heavy atom. The Hall–Kier alpha value is -2.91. The van der Waals surface area contributed by atoms with E-state index in [2.05, 4.69) is 20.8 Å². The van der Waals surface area contributed by atoms with Gasteiger partial charge in [0, 0.05) is 30.6 Å². The van der Waals surface area contributed by atoms with Crippen molar-refractivity contribution in [2.45, 2.75) is 24.9 Å². The number of halogens is 2. The summed E-state index contributed by atoms with van der Waals surface area (Å²) < 4.78 is 15.4. The fraction of sp³-hybridized carbons (Fsp3) is 0.238. The molecule has 2 aromatic carbocycles. The zero-order valence-corrected chi connectivity index (χ0v) is 18.6. The lowest BCUT2D eigenvalue weighted by atomic mass is 10.2. The number of hydrogen-bond donors (Lipinski definition) is 2. The van der Waals surface area contributed by atoms with Crippen molar-refractivity contribution in [3.63, 3.8) is 0 Å². The van der Waals surface area contributed by atoms with Crippen molar-refractivity contribution < 1.29 is 14.0 Å². The molecule has 10 heteroatoms. The summed E-state index contributed by atoms with van der Waals surface area (Å²) in [6.45, 7) is 1.89. The van der Waals surface area contributed by atoms with E-state index in [1.165, 1.54) is 23.9 Å². The quantitative estimate of drug-likeness (QED) is 0.490. The molecule has 0 unspecified atom stereocenters. The number of aromatic nitrogens is 3. The lowest BCUT2D eigenvalue weighted by Gasteiger charge is -2.07. The zero-order valence-electron chi connectivity index (χ0n) is 17.0. The van der Waals surface area contributed by atoms with E-state index in [9.17, 15) is 14.0 Å². The first-order valence-electron chi connectivity index (χ1n) is 9.45. The van der Waals surface area contributed by atoms with Crippen molar-refractivity contribution in [2.75, 3.05) is 16.4 Å². The average molecular weight is 462 g/mol. The number of benzene rings is 2. The summed E-state index contributed by atoms with van der Waals surface area (Å²) in [6.07, 6.45) is 0.456. The fourth-order valence-corrected chi connectivity index (χ4v) is 3.60. The van der Waals surface area contributed by atoms with Crippen molar-refractivity contribution in [3.05, 3.63) is 64.7 Å². The number of carbonyl (C=O) groups is 2. The maximum absolute atomic E-state index is 13.6. The molecule has 0 atom stereocenters. The predicted molar refractivity (Wildman–Crippen MR) is 120 cm³/mol. The number of nitrogens with zero attached hydrogens (tertiary/aromatic N) is 3. The second-order valence-corrected chi connectivity index (χ2v) is 8.14. The molecular weight excluding hydrogens is 441 g/mol. The van der Waals surface area contributed by atoms with Crippen LogP contribution in [0.1, 0.15) is 17.8 Å². The molecule has 3 rings (SSSR count). The topological polar surface area (TPSA) is 88.9 Å². The minimum Gasteiger partial charge on any atom is -0.325 e. The summed E-state index contributed by atoms with van der Waals surface area (Å²) in [5, 5.41) is 14.6. The summed E-state index contributed by atoms with van der Waals surface area (Å²) >= 11 is 7.31. The lowest BCUT2D eigenvalue weighted by molar-refractivity contribution is -0.116. The third-order valence-electron chi connectivity index (χ3n) is 4.44. The van der Waals surface area contributed by atoms with Gasteiger partial charge in [-0.1, -0.05) is 41.6 Å². The van der Waals surface area contributed by atoms with E-state index in [4.69, 9.17) is 11.6 Å². The molecule has 7 nitrogen and oxygen atoms in total. The van der Waals surface area contributed by atoms with E-state index in [0.717, 1.165) is 5.56 Å². The second kappa shape index (κ2) is 10.4. The van der Waals surface area contributed by atoms with Crippen molar-refractivity contribution >= 4 is 46.6 Å². The number of rotatable bonds is 8. The van der Waals surface area contributed by atoms with E-state index in [1.807, 2.05) is 13.0 Å². The van der Waals surface area contributed by atoms with Crippen LogP contribution in [0, 0.1) is 12.7 Å². The Labute approximate surface area is 188 Å². The van der Waals surface area contributed by atoms with Crippen LogP contribution in [0.5, 0.6) is 0 Å². The van der Waals surface area contributed by atoms with Crippen LogP contribution in [-0.2, 0) is 23.1 Å². The van der Waals surface area contributed by atoms with Crippen molar-refractivity contribution in [1.29, 1.82) is 0 Å². The molecule has 2 N–H and O–H groups in total. The van der Waals surface area contributed by atoms with Gasteiger partial charge in [-0.25, -0.2) is 4.39 Å². The Morgan fingerprint density at radius 1 is 1.13 bits per heavy atom. The van der Waals surface area contributed by atoms with Crippen LogP contribution < -0.4 is 10.6 Å². The SMILES string of the molecule is Cc1ccc(NC(=O)CSc2nnc(CCC(=O)Nc3ccccc3F)n2C)cc1Cl. The Bertz CT molecular complexity index is 1110. The van der Waals surface area contributed by atoms with E-state index >= 15 is 0 Å². The van der Waals surface area contributed by atoms with Crippen LogP contribution in [0.25, 0.3) is 0 Å². The van der Waals surface area contributed by atoms with Crippen molar-refractivity contribution in [3.8, 4) is 0 Å². The van der Waals surface area contributed by atoms with Gasteiger partial charge in [-0.15, -0.1) is 10.2 Å². The fourth-order valence-electron chi connectivity index (χ4n) is 2.69. The third kappa shape index (κ3) is 6.28. The second-order valence-electron chi connectivity index (χ2n) is 6.79. The van der Waals surface area contributed by atoms with E-state index in [0.29, 0.717) is 28.1 Å². The number of nitrogens with one attached hydrogen (secondary N) is 2. The summed E-state index contributed by atoms with van der Waals surface area (Å²) in [5.74, 6) is -0.265. The molecule has 0 radical (unpaired) electrons. The molecule has 0 fully saturated rings. The van der Waals surface area contributed by atoms with Gasteiger partial charge in [-0.2, -0.15) is 0 Å². The smallest absolute Gasteiger partial charge is 0.234 e. The van der Waals surface area contributed by atoms with Gasteiger partial charge in [-0.3, -0.25) is 9.59 Å². The van der Waals surface area contributed by atoms with Gasteiger partial charge >= 0.3 is 0 Å². The number of thioether (sulfide) groups is 1. The molecule has 0 aliphatic carbocycles. The van der Waals surface area contributed by atoms with Crippen LogP contribution >= 0.6 is 23.4 Å². The first-order chi connectivity index (χ1) is 14.8. The monoisotopic (exact) mass is 461 g/mol. The summed E-state index contributed by atoms with van der Waals surface area (Å²) in [6, 6.07) is 11.3. The number of para-hydroxylation sites is 1. The van der Waals surface area contributed by atoms with Gasteiger partial charge in [0.25, 0.3) is 0 Å². The van der Waals surface area contributed by atoms with Crippen LogP contribution in [-0.4, -0.2) is 32.3 Å². The number of aryl methyl sites for hydroxylation is 2. The van der Waals surface area contributed by atoms with E-state index in [-0.39, 0.29) is 29.7 Å². The van der Waals surface area contributed by atoms with Gasteiger partial charge < -0.3 is 15.2 Å².